The lowest BCUT2D eigenvalue weighted by Crippen LogP contribution is -2.03. The molecule has 0 spiro atoms. The topological polar surface area (TPSA) is 18.5 Å². The summed E-state index contributed by atoms with van der Waals surface area (Å²) >= 11 is 0. The van der Waals surface area contributed by atoms with E-state index in [0.29, 0.717) is 36.2 Å². The highest BCUT2D eigenvalue weighted by molar-refractivity contribution is 5.41. The predicted octanol–water partition coefficient (Wildman–Crippen LogP) is 5.44. The molecule has 0 saturated heterocycles. The molecule has 3 heteroatoms. The van der Waals surface area contributed by atoms with Crippen LogP contribution in [0.5, 0.6) is 11.5 Å². The summed E-state index contributed by atoms with van der Waals surface area (Å²) in [5, 5.41) is 0. The van der Waals surface area contributed by atoms with Crippen LogP contribution in [0.25, 0.3) is 0 Å². The summed E-state index contributed by atoms with van der Waals surface area (Å²) in [5.41, 5.74) is 0.531. The fourth-order valence-electron chi connectivity index (χ4n) is 3.19. The van der Waals surface area contributed by atoms with Gasteiger partial charge in [0.25, 0.3) is 0 Å². The standard InChI is InChI=1S/C20H27FO2/c1-15-18(22-13-4-7-16-5-2-3-6-16)10-11-19(20(15)21)23-14-12-17-8-9-17/h4,7,10-11,16-17H,2-3,5-6,8-9,12-14H2,1H3/b7-4+. The lowest BCUT2D eigenvalue weighted by molar-refractivity contribution is 0.285. The summed E-state index contributed by atoms with van der Waals surface area (Å²) < 4.78 is 25.6. The Morgan fingerprint density at radius 2 is 1.83 bits per heavy atom. The Morgan fingerprint density at radius 3 is 2.57 bits per heavy atom. The van der Waals surface area contributed by atoms with Gasteiger partial charge in [0.05, 0.1) is 6.61 Å². The van der Waals surface area contributed by atoms with E-state index in [4.69, 9.17) is 9.47 Å². The van der Waals surface area contributed by atoms with Gasteiger partial charge in [-0.1, -0.05) is 37.8 Å². The molecule has 0 bridgehead atoms. The third kappa shape index (κ3) is 4.73. The van der Waals surface area contributed by atoms with Crippen LogP contribution < -0.4 is 9.47 Å². The molecule has 23 heavy (non-hydrogen) atoms. The van der Waals surface area contributed by atoms with Crippen LogP contribution in [-0.2, 0) is 0 Å². The lowest BCUT2D eigenvalue weighted by atomic mass is 10.1. The van der Waals surface area contributed by atoms with Crippen LogP contribution >= 0.6 is 0 Å². The minimum Gasteiger partial charge on any atom is -0.490 e. The van der Waals surface area contributed by atoms with Gasteiger partial charge in [0.15, 0.2) is 11.6 Å². The molecule has 1 aromatic carbocycles. The molecule has 0 aliphatic heterocycles. The first-order valence-electron chi connectivity index (χ1n) is 8.95. The summed E-state index contributed by atoms with van der Waals surface area (Å²) in [6, 6.07) is 3.50. The normalized spacial score (nSPS) is 18.7. The second kappa shape index (κ2) is 7.85. The van der Waals surface area contributed by atoms with Crippen molar-refractivity contribution in [2.24, 2.45) is 11.8 Å². The van der Waals surface area contributed by atoms with Crippen molar-refractivity contribution < 1.29 is 13.9 Å². The Hall–Kier alpha value is -1.51. The summed E-state index contributed by atoms with van der Waals surface area (Å²) in [7, 11) is 0. The third-order valence-corrected chi connectivity index (χ3v) is 4.92. The van der Waals surface area contributed by atoms with E-state index in [9.17, 15) is 4.39 Å². The van der Waals surface area contributed by atoms with Crippen molar-refractivity contribution in [1.82, 2.24) is 0 Å². The second-order valence-electron chi connectivity index (χ2n) is 6.87. The SMILES string of the molecule is Cc1c(OC/C=C/C2CCCC2)ccc(OCCC2CC2)c1F. The quantitative estimate of drug-likeness (QED) is 0.594. The Bertz CT molecular complexity index is 543. The monoisotopic (exact) mass is 318 g/mol. The largest absolute Gasteiger partial charge is 0.490 e. The number of ether oxygens (including phenoxy) is 2. The van der Waals surface area contributed by atoms with E-state index in [2.05, 4.69) is 12.2 Å². The lowest BCUT2D eigenvalue weighted by Gasteiger charge is -2.12. The Balaban J connectivity index is 1.49. The molecule has 1 aromatic rings. The first-order valence-corrected chi connectivity index (χ1v) is 8.95. The molecule has 0 amide bonds. The molecule has 0 N–H and O–H groups in total. The van der Waals surface area contributed by atoms with Crippen LogP contribution in [0.2, 0.25) is 0 Å². The van der Waals surface area contributed by atoms with Gasteiger partial charge in [-0.05, 0) is 50.2 Å². The van der Waals surface area contributed by atoms with Crippen molar-refractivity contribution in [3.05, 3.63) is 35.7 Å². The van der Waals surface area contributed by atoms with Crippen LogP contribution in [0, 0.1) is 24.6 Å². The molecule has 0 unspecified atom stereocenters. The van der Waals surface area contributed by atoms with E-state index in [-0.39, 0.29) is 5.82 Å². The van der Waals surface area contributed by atoms with E-state index >= 15 is 0 Å². The molecule has 2 aliphatic carbocycles. The zero-order chi connectivity index (χ0) is 16.1. The molecule has 0 atom stereocenters. The minimum atomic E-state index is -0.293. The van der Waals surface area contributed by atoms with Crippen LogP contribution in [0.1, 0.15) is 50.5 Å². The number of benzene rings is 1. The van der Waals surface area contributed by atoms with Crippen molar-refractivity contribution in [1.29, 1.82) is 0 Å². The fourth-order valence-corrected chi connectivity index (χ4v) is 3.19. The Kier molecular flexibility index (Phi) is 5.58. The molecule has 0 heterocycles. The maximum atomic E-state index is 14.3. The zero-order valence-corrected chi connectivity index (χ0v) is 14.0. The fraction of sp³-hybridized carbons (Fsp3) is 0.600. The summed E-state index contributed by atoms with van der Waals surface area (Å²) in [6.45, 7) is 2.85. The van der Waals surface area contributed by atoms with Crippen molar-refractivity contribution in [3.63, 3.8) is 0 Å². The van der Waals surface area contributed by atoms with Crippen LogP contribution in [0.15, 0.2) is 24.3 Å². The smallest absolute Gasteiger partial charge is 0.171 e. The molecule has 0 aromatic heterocycles. The highest BCUT2D eigenvalue weighted by Gasteiger charge is 2.21. The van der Waals surface area contributed by atoms with Gasteiger partial charge in [-0.2, -0.15) is 0 Å². The summed E-state index contributed by atoms with van der Waals surface area (Å²) in [5.74, 6) is 2.16. The summed E-state index contributed by atoms with van der Waals surface area (Å²) in [6.07, 6.45) is 13.2. The van der Waals surface area contributed by atoms with Gasteiger partial charge in [-0.15, -0.1) is 0 Å². The van der Waals surface area contributed by atoms with Crippen LogP contribution in [-0.4, -0.2) is 13.2 Å². The zero-order valence-electron chi connectivity index (χ0n) is 14.0. The van der Waals surface area contributed by atoms with E-state index in [1.807, 2.05) is 6.07 Å². The van der Waals surface area contributed by atoms with Gasteiger partial charge >= 0.3 is 0 Å². The van der Waals surface area contributed by atoms with Crippen molar-refractivity contribution in [3.8, 4) is 11.5 Å². The Morgan fingerprint density at radius 1 is 1.09 bits per heavy atom. The number of hydrogen-bond donors (Lipinski definition) is 0. The van der Waals surface area contributed by atoms with Crippen molar-refractivity contribution in [2.45, 2.75) is 51.9 Å². The van der Waals surface area contributed by atoms with Crippen LogP contribution in [0.3, 0.4) is 0 Å². The third-order valence-electron chi connectivity index (χ3n) is 4.92. The average Bonchev–Trinajstić information content (AvgIpc) is 3.23. The maximum Gasteiger partial charge on any atom is 0.171 e. The molecule has 2 fully saturated rings. The van der Waals surface area contributed by atoms with Gasteiger partial charge in [0, 0.05) is 5.56 Å². The molecular formula is C20H27FO2. The number of hydrogen-bond acceptors (Lipinski definition) is 2. The second-order valence-corrected chi connectivity index (χ2v) is 6.87. The first kappa shape index (κ1) is 16.4. The maximum absolute atomic E-state index is 14.3. The molecular weight excluding hydrogens is 291 g/mol. The van der Waals surface area contributed by atoms with Crippen LogP contribution in [0.4, 0.5) is 4.39 Å². The van der Waals surface area contributed by atoms with Crippen molar-refractivity contribution >= 4 is 0 Å². The number of rotatable bonds is 8. The highest BCUT2D eigenvalue weighted by atomic mass is 19.1. The minimum absolute atomic E-state index is 0.293. The molecule has 3 rings (SSSR count). The van der Waals surface area contributed by atoms with E-state index in [1.165, 1.54) is 38.5 Å². The predicted molar refractivity (Wildman–Crippen MR) is 90.6 cm³/mol. The molecule has 2 saturated carbocycles. The first-order chi connectivity index (χ1) is 11.2. The van der Waals surface area contributed by atoms with E-state index in [0.717, 1.165) is 12.3 Å². The molecule has 0 radical (unpaired) electrons. The van der Waals surface area contributed by atoms with E-state index in [1.54, 1.807) is 13.0 Å². The summed E-state index contributed by atoms with van der Waals surface area (Å²) in [4.78, 5) is 0. The highest BCUT2D eigenvalue weighted by Crippen LogP contribution is 2.33. The molecule has 2 nitrogen and oxygen atoms in total. The van der Waals surface area contributed by atoms with Gasteiger partial charge < -0.3 is 9.47 Å². The average molecular weight is 318 g/mol. The van der Waals surface area contributed by atoms with E-state index < -0.39 is 0 Å². The van der Waals surface area contributed by atoms with Gasteiger partial charge in [0.1, 0.15) is 12.4 Å². The van der Waals surface area contributed by atoms with Gasteiger partial charge in [0.2, 0.25) is 0 Å². The van der Waals surface area contributed by atoms with Gasteiger partial charge in [-0.25, -0.2) is 4.39 Å². The number of allylic oxidation sites excluding steroid dienone is 1. The van der Waals surface area contributed by atoms with Crippen molar-refractivity contribution in [2.75, 3.05) is 13.2 Å². The Labute approximate surface area is 138 Å². The molecule has 2 aliphatic rings. The van der Waals surface area contributed by atoms with Gasteiger partial charge in [-0.3, -0.25) is 0 Å². The molecule has 126 valence electrons. The number of halogens is 1.